The highest BCUT2D eigenvalue weighted by Crippen LogP contribution is 2.27. The number of nitrogens with one attached hydrogen (secondary N) is 2. The monoisotopic (exact) mass is 376 g/mol. The van der Waals surface area contributed by atoms with Crippen LogP contribution in [0.2, 0.25) is 0 Å². The van der Waals surface area contributed by atoms with Crippen LogP contribution in [0.3, 0.4) is 0 Å². The molecule has 0 aliphatic heterocycles. The van der Waals surface area contributed by atoms with Crippen molar-refractivity contribution in [1.29, 1.82) is 0 Å². The largest absolute Gasteiger partial charge is 0.496 e. The van der Waals surface area contributed by atoms with Gasteiger partial charge in [0.2, 0.25) is 0 Å². The van der Waals surface area contributed by atoms with E-state index in [9.17, 15) is 8.42 Å². The predicted octanol–water partition coefficient (Wildman–Crippen LogP) is 4.57. The van der Waals surface area contributed by atoms with Gasteiger partial charge in [0.15, 0.2) is 0 Å². The summed E-state index contributed by atoms with van der Waals surface area (Å²) in [4.78, 5) is 0.259. The molecule has 5 nitrogen and oxygen atoms in total. The lowest BCUT2D eigenvalue weighted by atomic mass is 10.1. The van der Waals surface area contributed by atoms with Gasteiger partial charge in [0.1, 0.15) is 5.75 Å². The Balaban J connectivity index is 2.13. The van der Waals surface area contributed by atoms with Gasteiger partial charge in [-0.1, -0.05) is 13.8 Å². The number of rotatable bonds is 8. The normalized spacial score (nSPS) is 11.5. The highest BCUT2D eigenvalue weighted by Gasteiger charge is 2.19. The van der Waals surface area contributed by atoms with Crippen LogP contribution >= 0.6 is 0 Å². The molecule has 2 aromatic carbocycles. The number of benzene rings is 2. The Hall–Kier alpha value is -2.21. The molecule has 0 amide bonds. The van der Waals surface area contributed by atoms with Gasteiger partial charge in [-0.05, 0) is 73.7 Å². The molecule has 0 aromatic heterocycles. The van der Waals surface area contributed by atoms with Gasteiger partial charge in [-0.15, -0.1) is 0 Å². The molecule has 0 bridgehead atoms. The molecule has 0 spiro atoms. The smallest absolute Gasteiger partial charge is 0.262 e. The Labute approximate surface area is 156 Å². The molecule has 2 N–H and O–H groups in total. The molecule has 0 heterocycles. The highest BCUT2D eigenvalue weighted by atomic mass is 32.2. The van der Waals surface area contributed by atoms with Gasteiger partial charge in [0.05, 0.1) is 12.0 Å². The SMILES string of the molecule is COc1cc(C)c(S(=O)(=O)Nc2ccc(NCCC(C)C)cc2)cc1C. The summed E-state index contributed by atoms with van der Waals surface area (Å²) in [5.74, 6) is 1.32. The van der Waals surface area contributed by atoms with E-state index in [0.29, 0.717) is 22.9 Å². The van der Waals surface area contributed by atoms with E-state index in [1.54, 1.807) is 38.3 Å². The first-order valence-electron chi connectivity index (χ1n) is 8.75. The molecule has 0 aliphatic rings. The fourth-order valence-corrected chi connectivity index (χ4v) is 4.02. The van der Waals surface area contributed by atoms with E-state index in [4.69, 9.17) is 4.74 Å². The molecule has 0 saturated heterocycles. The topological polar surface area (TPSA) is 67.4 Å². The Morgan fingerprint density at radius 2 is 1.62 bits per heavy atom. The van der Waals surface area contributed by atoms with Gasteiger partial charge in [0.25, 0.3) is 10.0 Å². The Kier molecular flexibility index (Phi) is 6.53. The number of ether oxygens (including phenoxy) is 1. The van der Waals surface area contributed by atoms with E-state index in [1.807, 2.05) is 19.1 Å². The minimum atomic E-state index is -3.66. The van der Waals surface area contributed by atoms with E-state index in [0.717, 1.165) is 24.2 Å². The van der Waals surface area contributed by atoms with Crippen molar-refractivity contribution in [2.45, 2.75) is 39.0 Å². The third-order valence-corrected chi connectivity index (χ3v) is 5.69. The minimum Gasteiger partial charge on any atom is -0.496 e. The molecule has 0 aliphatic carbocycles. The molecule has 0 unspecified atom stereocenters. The Bertz CT molecular complexity index is 844. The third-order valence-electron chi connectivity index (χ3n) is 4.17. The van der Waals surface area contributed by atoms with Crippen LogP contribution in [-0.4, -0.2) is 22.1 Å². The van der Waals surface area contributed by atoms with Crippen molar-refractivity contribution in [1.82, 2.24) is 0 Å². The lowest BCUT2D eigenvalue weighted by Crippen LogP contribution is -2.14. The zero-order valence-electron chi connectivity index (χ0n) is 16.1. The molecule has 0 atom stereocenters. The summed E-state index contributed by atoms with van der Waals surface area (Å²) in [7, 11) is -2.08. The Morgan fingerprint density at radius 1 is 1.00 bits per heavy atom. The maximum Gasteiger partial charge on any atom is 0.262 e. The average molecular weight is 377 g/mol. The van der Waals surface area contributed by atoms with Crippen LogP contribution in [0.25, 0.3) is 0 Å². The summed E-state index contributed by atoms with van der Waals surface area (Å²) < 4.78 is 33.4. The van der Waals surface area contributed by atoms with Crippen molar-refractivity contribution in [2.75, 3.05) is 23.7 Å². The second-order valence-electron chi connectivity index (χ2n) is 6.88. The zero-order chi connectivity index (χ0) is 19.3. The lowest BCUT2D eigenvalue weighted by molar-refractivity contribution is 0.411. The fraction of sp³-hybridized carbons (Fsp3) is 0.400. The number of methoxy groups -OCH3 is 1. The van der Waals surface area contributed by atoms with Gasteiger partial charge >= 0.3 is 0 Å². The summed E-state index contributed by atoms with van der Waals surface area (Å²) in [5, 5.41) is 3.34. The predicted molar refractivity (Wildman–Crippen MR) is 108 cm³/mol. The zero-order valence-corrected chi connectivity index (χ0v) is 16.9. The van der Waals surface area contributed by atoms with Crippen molar-refractivity contribution >= 4 is 21.4 Å². The Morgan fingerprint density at radius 3 is 2.19 bits per heavy atom. The van der Waals surface area contributed by atoms with E-state index in [1.165, 1.54) is 0 Å². The van der Waals surface area contributed by atoms with Crippen LogP contribution in [0.4, 0.5) is 11.4 Å². The molecule has 0 fully saturated rings. The molecular formula is C20H28N2O3S. The molecule has 0 radical (unpaired) electrons. The molecule has 0 saturated carbocycles. The standard InChI is InChI=1S/C20H28N2O3S/c1-14(2)10-11-21-17-6-8-18(9-7-17)22-26(23,24)20-13-15(3)19(25-5)12-16(20)4/h6-9,12-14,21-22H,10-11H2,1-5H3. The van der Waals surface area contributed by atoms with Crippen molar-refractivity contribution in [3.8, 4) is 5.75 Å². The van der Waals surface area contributed by atoms with Gasteiger partial charge in [-0.3, -0.25) is 4.72 Å². The highest BCUT2D eigenvalue weighted by molar-refractivity contribution is 7.92. The summed E-state index contributed by atoms with van der Waals surface area (Å²) in [6, 6.07) is 10.7. The summed E-state index contributed by atoms with van der Waals surface area (Å²) in [6.07, 6.45) is 1.09. The quantitative estimate of drug-likeness (QED) is 0.708. The maximum absolute atomic E-state index is 12.7. The van der Waals surface area contributed by atoms with Crippen molar-refractivity contribution in [3.05, 3.63) is 47.5 Å². The van der Waals surface area contributed by atoms with Crippen LogP contribution in [0.5, 0.6) is 5.75 Å². The molecule has 6 heteroatoms. The number of aryl methyl sites for hydroxylation is 2. The van der Waals surface area contributed by atoms with Gasteiger partial charge in [0, 0.05) is 17.9 Å². The molecule has 2 aromatic rings. The van der Waals surface area contributed by atoms with Crippen LogP contribution in [0, 0.1) is 19.8 Å². The van der Waals surface area contributed by atoms with Crippen LogP contribution in [0.1, 0.15) is 31.4 Å². The van der Waals surface area contributed by atoms with E-state index >= 15 is 0 Å². The van der Waals surface area contributed by atoms with Crippen LogP contribution < -0.4 is 14.8 Å². The average Bonchev–Trinajstić information content (AvgIpc) is 2.57. The van der Waals surface area contributed by atoms with Crippen LogP contribution in [0.15, 0.2) is 41.3 Å². The van der Waals surface area contributed by atoms with Gasteiger partial charge in [-0.25, -0.2) is 8.42 Å². The minimum absolute atomic E-state index is 0.259. The first-order chi connectivity index (χ1) is 12.2. The lowest BCUT2D eigenvalue weighted by Gasteiger charge is -2.14. The van der Waals surface area contributed by atoms with Gasteiger partial charge < -0.3 is 10.1 Å². The van der Waals surface area contributed by atoms with E-state index in [2.05, 4.69) is 23.9 Å². The number of hydrogen-bond acceptors (Lipinski definition) is 4. The fourth-order valence-electron chi connectivity index (χ4n) is 2.64. The second kappa shape index (κ2) is 8.45. The van der Waals surface area contributed by atoms with Crippen molar-refractivity contribution in [2.24, 2.45) is 5.92 Å². The van der Waals surface area contributed by atoms with E-state index < -0.39 is 10.0 Å². The number of hydrogen-bond donors (Lipinski definition) is 2. The number of sulfonamides is 1. The maximum atomic E-state index is 12.7. The summed E-state index contributed by atoms with van der Waals surface area (Å²) >= 11 is 0. The summed E-state index contributed by atoms with van der Waals surface area (Å²) in [5.41, 5.74) is 2.94. The number of anilines is 2. The molecular weight excluding hydrogens is 348 g/mol. The molecule has 2 rings (SSSR count). The van der Waals surface area contributed by atoms with E-state index in [-0.39, 0.29) is 4.90 Å². The van der Waals surface area contributed by atoms with Crippen molar-refractivity contribution < 1.29 is 13.2 Å². The third kappa shape index (κ3) is 5.14. The van der Waals surface area contributed by atoms with Crippen LogP contribution in [-0.2, 0) is 10.0 Å². The first kappa shape index (κ1) is 20.1. The first-order valence-corrected chi connectivity index (χ1v) is 10.2. The second-order valence-corrected chi connectivity index (χ2v) is 8.53. The summed E-state index contributed by atoms with van der Waals surface area (Å²) in [6.45, 7) is 8.85. The molecule has 26 heavy (non-hydrogen) atoms. The molecule has 142 valence electrons. The van der Waals surface area contributed by atoms with Gasteiger partial charge in [-0.2, -0.15) is 0 Å². The van der Waals surface area contributed by atoms with Crippen molar-refractivity contribution in [3.63, 3.8) is 0 Å².